The Morgan fingerprint density at radius 3 is 2.90 bits per heavy atom. The molecule has 21 heavy (non-hydrogen) atoms. The van der Waals surface area contributed by atoms with Gasteiger partial charge in [0, 0.05) is 17.3 Å². The number of hydrogen-bond acceptors (Lipinski definition) is 5. The number of anilines is 2. The van der Waals surface area contributed by atoms with Gasteiger partial charge in [0.25, 0.3) is 5.91 Å². The summed E-state index contributed by atoms with van der Waals surface area (Å²) < 4.78 is 0.894. The summed E-state index contributed by atoms with van der Waals surface area (Å²) in [4.78, 5) is 16.4. The third-order valence-electron chi connectivity index (χ3n) is 3.13. The molecule has 1 amide bonds. The van der Waals surface area contributed by atoms with Gasteiger partial charge in [-0.25, -0.2) is 4.98 Å². The molecule has 0 unspecified atom stereocenters. The molecule has 0 bridgehead atoms. The van der Waals surface area contributed by atoms with E-state index < -0.39 is 0 Å². The maximum absolute atomic E-state index is 12.2. The molecule has 0 radical (unpaired) electrons. The molecule has 2 heterocycles. The molecule has 108 valence electrons. The van der Waals surface area contributed by atoms with Gasteiger partial charge in [-0.3, -0.25) is 9.89 Å². The zero-order valence-electron chi connectivity index (χ0n) is 11.7. The molecule has 3 aromatic rings. The molecule has 2 aromatic heterocycles. The van der Waals surface area contributed by atoms with Crippen LogP contribution in [0.15, 0.2) is 24.3 Å². The smallest absolute Gasteiger partial charge is 0.256 e. The Bertz CT molecular complexity index is 805. The highest BCUT2D eigenvalue weighted by Crippen LogP contribution is 2.25. The number of nitrogens with zero attached hydrogens (tertiary/aromatic N) is 2. The number of aromatic nitrogens is 3. The van der Waals surface area contributed by atoms with Gasteiger partial charge >= 0.3 is 0 Å². The van der Waals surface area contributed by atoms with Gasteiger partial charge in [-0.05, 0) is 24.1 Å². The number of nitrogens with one attached hydrogen (secondary N) is 2. The third-order valence-corrected chi connectivity index (χ3v) is 3.98. The van der Waals surface area contributed by atoms with Crippen LogP contribution in [-0.4, -0.2) is 21.1 Å². The molecule has 0 aliphatic carbocycles. The molecule has 0 atom stereocenters. The van der Waals surface area contributed by atoms with E-state index in [2.05, 4.69) is 34.3 Å². The highest BCUT2D eigenvalue weighted by molar-refractivity contribution is 7.22. The van der Waals surface area contributed by atoms with E-state index in [0.29, 0.717) is 22.4 Å². The van der Waals surface area contributed by atoms with E-state index in [4.69, 9.17) is 5.73 Å². The monoisotopic (exact) mass is 301 g/mol. The van der Waals surface area contributed by atoms with Crippen molar-refractivity contribution < 1.29 is 4.79 Å². The van der Waals surface area contributed by atoms with Crippen molar-refractivity contribution in [1.29, 1.82) is 0 Å². The molecule has 1 aromatic carbocycles. The Morgan fingerprint density at radius 1 is 1.38 bits per heavy atom. The van der Waals surface area contributed by atoms with Crippen LogP contribution in [0.1, 0.15) is 35.8 Å². The van der Waals surface area contributed by atoms with E-state index in [1.54, 1.807) is 18.2 Å². The van der Waals surface area contributed by atoms with Crippen molar-refractivity contribution in [3.63, 3.8) is 0 Å². The van der Waals surface area contributed by atoms with Crippen molar-refractivity contribution in [1.82, 2.24) is 15.2 Å². The van der Waals surface area contributed by atoms with Crippen molar-refractivity contribution in [3.05, 3.63) is 35.5 Å². The SMILES string of the molecule is CC(C)c1cc(NC(=O)c2ccc3nc(N)sc3c2)n[nH]1. The second-order valence-corrected chi connectivity index (χ2v) is 6.11. The van der Waals surface area contributed by atoms with Crippen LogP contribution in [-0.2, 0) is 0 Å². The van der Waals surface area contributed by atoms with Crippen molar-refractivity contribution in [2.75, 3.05) is 11.1 Å². The van der Waals surface area contributed by atoms with E-state index in [0.717, 1.165) is 15.9 Å². The topological polar surface area (TPSA) is 96.7 Å². The summed E-state index contributed by atoms with van der Waals surface area (Å²) in [6.07, 6.45) is 0. The molecule has 0 saturated heterocycles. The Labute approximate surface area is 125 Å². The number of hydrogen-bond donors (Lipinski definition) is 3. The number of rotatable bonds is 3. The second kappa shape index (κ2) is 5.17. The first-order chi connectivity index (χ1) is 10.0. The molecule has 0 saturated carbocycles. The highest BCUT2D eigenvalue weighted by atomic mass is 32.1. The lowest BCUT2D eigenvalue weighted by Gasteiger charge is -2.01. The van der Waals surface area contributed by atoms with Crippen LogP contribution in [0, 0.1) is 0 Å². The first kappa shape index (κ1) is 13.6. The van der Waals surface area contributed by atoms with Crippen LogP contribution in [0.4, 0.5) is 10.9 Å². The van der Waals surface area contributed by atoms with Gasteiger partial charge < -0.3 is 11.1 Å². The van der Waals surface area contributed by atoms with Gasteiger partial charge in [0.15, 0.2) is 10.9 Å². The first-order valence-electron chi connectivity index (χ1n) is 6.55. The maximum atomic E-state index is 12.2. The summed E-state index contributed by atoms with van der Waals surface area (Å²) in [6, 6.07) is 7.15. The summed E-state index contributed by atoms with van der Waals surface area (Å²) in [7, 11) is 0. The fourth-order valence-electron chi connectivity index (χ4n) is 1.97. The normalized spacial score (nSPS) is 11.2. The molecule has 4 N–H and O–H groups in total. The highest BCUT2D eigenvalue weighted by Gasteiger charge is 2.11. The number of carbonyl (C=O) groups excluding carboxylic acids is 1. The van der Waals surface area contributed by atoms with E-state index in [1.807, 2.05) is 6.07 Å². The lowest BCUT2D eigenvalue weighted by Crippen LogP contribution is -2.11. The predicted molar refractivity (Wildman–Crippen MR) is 84.7 cm³/mol. The number of fused-ring (bicyclic) bond motifs is 1. The number of benzene rings is 1. The molecule has 0 spiro atoms. The Hall–Kier alpha value is -2.41. The van der Waals surface area contributed by atoms with Crippen LogP contribution >= 0.6 is 11.3 Å². The van der Waals surface area contributed by atoms with Crippen LogP contribution in [0.5, 0.6) is 0 Å². The number of nitrogens with two attached hydrogens (primary N) is 1. The van der Waals surface area contributed by atoms with Crippen molar-refractivity contribution in [2.45, 2.75) is 19.8 Å². The standard InChI is InChI=1S/C14H15N5OS/c1-7(2)10-6-12(19-18-10)17-13(20)8-3-4-9-11(5-8)21-14(15)16-9/h3-7H,1-2H3,(H2,15,16)(H2,17,18,19,20). The average Bonchev–Trinajstić information content (AvgIpc) is 3.02. The summed E-state index contributed by atoms with van der Waals surface area (Å²) in [5.41, 5.74) is 8.00. The van der Waals surface area contributed by atoms with E-state index in [-0.39, 0.29) is 5.91 Å². The van der Waals surface area contributed by atoms with E-state index in [9.17, 15) is 4.79 Å². The van der Waals surface area contributed by atoms with Gasteiger partial charge in [-0.15, -0.1) is 0 Å². The average molecular weight is 301 g/mol. The number of aromatic amines is 1. The maximum Gasteiger partial charge on any atom is 0.256 e. The fourth-order valence-corrected chi connectivity index (χ4v) is 2.74. The number of thiazole rings is 1. The molecule has 0 fully saturated rings. The first-order valence-corrected chi connectivity index (χ1v) is 7.37. The minimum atomic E-state index is -0.203. The van der Waals surface area contributed by atoms with Crippen LogP contribution in [0.2, 0.25) is 0 Å². The van der Waals surface area contributed by atoms with Gasteiger partial charge in [0.05, 0.1) is 10.2 Å². The van der Waals surface area contributed by atoms with Crippen LogP contribution < -0.4 is 11.1 Å². The minimum Gasteiger partial charge on any atom is -0.375 e. The quantitative estimate of drug-likeness (QED) is 0.693. The Morgan fingerprint density at radius 2 is 2.19 bits per heavy atom. The largest absolute Gasteiger partial charge is 0.375 e. The second-order valence-electron chi connectivity index (χ2n) is 5.05. The zero-order valence-corrected chi connectivity index (χ0v) is 12.5. The van der Waals surface area contributed by atoms with Gasteiger partial charge in [-0.2, -0.15) is 5.10 Å². The van der Waals surface area contributed by atoms with Gasteiger partial charge in [-0.1, -0.05) is 25.2 Å². The van der Waals surface area contributed by atoms with E-state index >= 15 is 0 Å². The number of H-pyrrole nitrogens is 1. The Balaban J connectivity index is 1.82. The number of nitrogen functional groups attached to an aromatic ring is 1. The molecule has 6 nitrogen and oxygen atoms in total. The molecule has 3 rings (SSSR count). The summed E-state index contributed by atoms with van der Waals surface area (Å²) >= 11 is 1.36. The lowest BCUT2D eigenvalue weighted by molar-refractivity contribution is 0.102. The zero-order chi connectivity index (χ0) is 15.0. The number of amides is 1. The molecule has 0 aliphatic heterocycles. The Kier molecular flexibility index (Phi) is 3.34. The van der Waals surface area contributed by atoms with Gasteiger partial charge in [0.2, 0.25) is 0 Å². The molecule has 0 aliphatic rings. The van der Waals surface area contributed by atoms with Crippen molar-refractivity contribution >= 4 is 38.4 Å². The van der Waals surface area contributed by atoms with Crippen molar-refractivity contribution in [2.24, 2.45) is 0 Å². The van der Waals surface area contributed by atoms with Crippen LogP contribution in [0.3, 0.4) is 0 Å². The van der Waals surface area contributed by atoms with Crippen molar-refractivity contribution in [3.8, 4) is 0 Å². The minimum absolute atomic E-state index is 0.203. The third kappa shape index (κ3) is 2.73. The molecule has 7 heteroatoms. The summed E-state index contributed by atoms with van der Waals surface area (Å²) in [5, 5.41) is 10.3. The fraction of sp³-hybridized carbons (Fsp3) is 0.214. The summed E-state index contributed by atoms with van der Waals surface area (Å²) in [6.45, 7) is 4.11. The molecular weight excluding hydrogens is 286 g/mol. The summed E-state index contributed by atoms with van der Waals surface area (Å²) in [5.74, 6) is 0.651. The van der Waals surface area contributed by atoms with Gasteiger partial charge in [0.1, 0.15) is 0 Å². The lowest BCUT2D eigenvalue weighted by atomic mass is 10.1. The van der Waals surface area contributed by atoms with E-state index in [1.165, 1.54) is 11.3 Å². The number of carbonyl (C=O) groups is 1. The van der Waals surface area contributed by atoms with Crippen LogP contribution in [0.25, 0.3) is 10.2 Å². The predicted octanol–water partition coefficient (Wildman–Crippen LogP) is 2.98. The molecular formula is C14H15N5OS.